The van der Waals surface area contributed by atoms with Gasteiger partial charge in [0, 0.05) is 12.5 Å². The van der Waals surface area contributed by atoms with Crippen LogP contribution < -0.4 is 10.6 Å². The molecule has 1 fully saturated rings. The number of hydrogen-bond acceptors (Lipinski definition) is 5. The van der Waals surface area contributed by atoms with Crippen molar-refractivity contribution in [3.05, 3.63) is 11.7 Å². The van der Waals surface area contributed by atoms with Gasteiger partial charge in [0.05, 0.1) is 6.10 Å². The molecule has 1 aromatic rings. The molecule has 1 aromatic heterocycles. The Morgan fingerprint density at radius 2 is 2.00 bits per heavy atom. The minimum absolute atomic E-state index is 0.194. The SMILES string of the molecule is CC(NC(=O)NCC(O)C(C)(C)C)c1nc(C2CCCCC2)no1. The van der Waals surface area contributed by atoms with Crippen LogP contribution in [0, 0.1) is 5.41 Å². The lowest BCUT2D eigenvalue weighted by atomic mass is 9.89. The van der Waals surface area contributed by atoms with Crippen LogP contribution >= 0.6 is 0 Å². The zero-order valence-electron chi connectivity index (χ0n) is 15.1. The van der Waals surface area contributed by atoms with E-state index >= 15 is 0 Å². The molecule has 0 spiro atoms. The van der Waals surface area contributed by atoms with E-state index in [-0.39, 0.29) is 24.0 Å². The number of hydrogen-bond donors (Lipinski definition) is 3. The summed E-state index contributed by atoms with van der Waals surface area (Å²) < 4.78 is 5.31. The normalized spacial score (nSPS) is 18.9. The molecule has 0 aromatic carbocycles. The molecule has 1 saturated carbocycles. The van der Waals surface area contributed by atoms with Gasteiger partial charge in [0.2, 0.25) is 5.89 Å². The van der Waals surface area contributed by atoms with Crippen LogP contribution in [0.15, 0.2) is 4.52 Å². The standard InChI is InChI=1S/C17H30N4O3/c1-11(19-16(23)18-10-13(22)17(2,3)4)15-20-14(21-24-15)12-8-6-5-7-9-12/h11-13,22H,5-10H2,1-4H3,(H2,18,19,23). The van der Waals surface area contributed by atoms with Crippen molar-refractivity contribution >= 4 is 6.03 Å². The highest BCUT2D eigenvalue weighted by molar-refractivity contribution is 5.74. The third-order valence-corrected chi connectivity index (χ3v) is 4.60. The van der Waals surface area contributed by atoms with Gasteiger partial charge in [-0.3, -0.25) is 0 Å². The maximum atomic E-state index is 11.9. The predicted octanol–water partition coefficient (Wildman–Crippen LogP) is 2.88. The molecular formula is C17H30N4O3. The molecule has 2 unspecified atom stereocenters. The van der Waals surface area contributed by atoms with E-state index in [4.69, 9.17) is 4.52 Å². The van der Waals surface area contributed by atoms with E-state index in [1.165, 1.54) is 19.3 Å². The lowest BCUT2D eigenvalue weighted by molar-refractivity contribution is 0.0648. The first-order chi connectivity index (χ1) is 11.3. The van der Waals surface area contributed by atoms with Crippen LogP contribution in [0.2, 0.25) is 0 Å². The predicted molar refractivity (Wildman–Crippen MR) is 90.5 cm³/mol. The van der Waals surface area contributed by atoms with E-state index < -0.39 is 6.10 Å². The second-order valence-corrected chi connectivity index (χ2v) is 7.78. The molecule has 0 aliphatic heterocycles. The van der Waals surface area contributed by atoms with Gasteiger partial charge in [0.25, 0.3) is 0 Å². The Morgan fingerprint density at radius 3 is 2.62 bits per heavy atom. The second kappa shape index (κ2) is 7.96. The monoisotopic (exact) mass is 338 g/mol. The lowest BCUT2D eigenvalue weighted by Gasteiger charge is -2.26. The molecule has 2 atom stereocenters. The van der Waals surface area contributed by atoms with Gasteiger partial charge in [-0.05, 0) is 25.2 Å². The van der Waals surface area contributed by atoms with E-state index in [2.05, 4.69) is 20.8 Å². The fourth-order valence-electron chi connectivity index (χ4n) is 2.75. The van der Waals surface area contributed by atoms with E-state index in [0.29, 0.717) is 11.8 Å². The fourth-order valence-corrected chi connectivity index (χ4v) is 2.75. The number of nitrogens with one attached hydrogen (secondary N) is 2. The molecule has 24 heavy (non-hydrogen) atoms. The van der Waals surface area contributed by atoms with Crippen LogP contribution in [0.3, 0.4) is 0 Å². The minimum atomic E-state index is -0.611. The Kier molecular flexibility index (Phi) is 6.21. The first-order valence-electron chi connectivity index (χ1n) is 8.83. The number of aromatic nitrogens is 2. The maximum Gasteiger partial charge on any atom is 0.315 e. The minimum Gasteiger partial charge on any atom is -0.391 e. The quantitative estimate of drug-likeness (QED) is 0.766. The van der Waals surface area contributed by atoms with Gasteiger partial charge in [-0.25, -0.2) is 4.79 Å². The Labute approximate surface area is 143 Å². The zero-order chi connectivity index (χ0) is 17.7. The summed E-state index contributed by atoms with van der Waals surface area (Å²) in [4.78, 5) is 16.4. The van der Waals surface area contributed by atoms with Crippen LogP contribution in [0.25, 0.3) is 0 Å². The molecule has 0 bridgehead atoms. The molecule has 0 radical (unpaired) electrons. The number of carbonyl (C=O) groups is 1. The second-order valence-electron chi connectivity index (χ2n) is 7.78. The Balaban J connectivity index is 1.82. The topological polar surface area (TPSA) is 100 Å². The summed E-state index contributed by atoms with van der Waals surface area (Å²) in [7, 11) is 0. The molecule has 3 N–H and O–H groups in total. The summed E-state index contributed by atoms with van der Waals surface area (Å²) in [6, 6.07) is -0.732. The number of urea groups is 1. The smallest absolute Gasteiger partial charge is 0.315 e. The van der Waals surface area contributed by atoms with E-state index in [0.717, 1.165) is 18.7 Å². The number of aliphatic hydroxyl groups is 1. The Morgan fingerprint density at radius 1 is 1.33 bits per heavy atom. The third kappa shape index (κ3) is 5.19. The average molecular weight is 338 g/mol. The van der Waals surface area contributed by atoms with Crippen molar-refractivity contribution in [1.29, 1.82) is 0 Å². The number of rotatable bonds is 5. The third-order valence-electron chi connectivity index (χ3n) is 4.60. The van der Waals surface area contributed by atoms with Crippen LogP contribution in [-0.2, 0) is 0 Å². The van der Waals surface area contributed by atoms with Crippen LogP contribution in [0.1, 0.15) is 83.5 Å². The van der Waals surface area contributed by atoms with Crippen molar-refractivity contribution in [3.8, 4) is 0 Å². The van der Waals surface area contributed by atoms with Gasteiger partial charge in [0.1, 0.15) is 6.04 Å². The van der Waals surface area contributed by atoms with Crippen LogP contribution in [0.4, 0.5) is 4.79 Å². The van der Waals surface area contributed by atoms with E-state index in [9.17, 15) is 9.90 Å². The molecule has 7 heteroatoms. The number of carbonyl (C=O) groups excluding carboxylic acids is 1. The molecule has 0 saturated heterocycles. The van der Waals surface area contributed by atoms with Gasteiger partial charge in [0.15, 0.2) is 5.82 Å². The molecule has 2 amide bonds. The average Bonchev–Trinajstić information content (AvgIpc) is 3.02. The molecule has 2 rings (SSSR count). The van der Waals surface area contributed by atoms with Crippen LogP contribution in [-0.4, -0.2) is 33.9 Å². The molecule has 7 nitrogen and oxygen atoms in total. The first-order valence-corrected chi connectivity index (χ1v) is 8.83. The summed E-state index contributed by atoms with van der Waals surface area (Å²) in [6.45, 7) is 7.76. The largest absolute Gasteiger partial charge is 0.391 e. The van der Waals surface area contributed by atoms with Crippen LogP contribution in [0.5, 0.6) is 0 Å². The summed E-state index contributed by atoms with van der Waals surface area (Å²) in [5.74, 6) is 1.54. The highest BCUT2D eigenvalue weighted by atomic mass is 16.5. The zero-order valence-corrected chi connectivity index (χ0v) is 15.1. The van der Waals surface area contributed by atoms with Gasteiger partial charge in [-0.15, -0.1) is 0 Å². The van der Waals surface area contributed by atoms with Crippen molar-refractivity contribution in [2.75, 3.05) is 6.54 Å². The Hall–Kier alpha value is -1.63. The van der Waals surface area contributed by atoms with Gasteiger partial charge >= 0.3 is 6.03 Å². The summed E-state index contributed by atoms with van der Waals surface area (Å²) in [6.07, 6.45) is 5.29. The van der Waals surface area contributed by atoms with Crippen molar-refractivity contribution in [3.63, 3.8) is 0 Å². The number of amides is 2. The van der Waals surface area contributed by atoms with Gasteiger partial charge in [-0.2, -0.15) is 4.98 Å². The molecule has 136 valence electrons. The summed E-state index contributed by atoms with van der Waals surface area (Å²) >= 11 is 0. The number of aliphatic hydroxyl groups excluding tert-OH is 1. The molecule has 1 aliphatic carbocycles. The summed E-state index contributed by atoms with van der Waals surface area (Å²) in [5.41, 5.74) is -0.277. The van der Waals surface area contributed by atoms with Gasteiger partial charge in [-0.1, -0.05) is 45.2 Å². The van der Waals surface area contributed by atoms with Crippen molar-refractivity contribution in [1.82, 2.24) is 20.8 Å². The van der Waals surface area contributed by atoms with E-state index in [1.807, 2.05) is 20.8 Å². The maximum absolute atomic E-state index is 11.9. The van der Waals surface area contributed by atoms with Crippen molar-refractivity contribution in [2.24, 2.45) is 5.41 Å². The lowest BCUT2D eigenvalue weighted by Crippen LogP contribution is -2.44. The highest BCUT2D eigenvalue weighted by Gasteiger charge is 2.25. The number of nitrogens with zero attached hydrogens (tertiary/aromatic N) is 2. The highest BCUT2D eigenvalue weighted by Crippen LogP contribution is 2.31. The molecular weight excluding hydrogens is 308 g/mol. The van der Waals surface area contributed by atoms with Gasteiger partial charge < -0.3 is 20.3 Å². The van der Waals surface area contributed by atoms with Crippen molar-refractivity contribution < 1.29 is 14.4 Å². The fraction of sp³-hybridized carbons (Fsp3) is 0.824. The van der Waals surface area contributed by atoms with E-state index in [1.54, 1.807) is 6.92 Å². The molecule has 1 heterocycles. The van der Waals surface area contributed by atoms with Crippen molar-refractivity contribution in [2.45, 2.75) is 77.9 Å². The Bertz CT molecular complexity index is 532. The molecule has 1 aliphatic rings. The summed E-state index contributed by atoms with van der Waals surface area (Å²) in [5, 5.41) is 19.5. The first kappa shape index (κ1) is 18.7.